The van der Waals surface area contributed by atoms with E-state index < -0.39 is 0 Å². The van der Waals surface area contributed by atoms with Crippen LogP contribution in [0, 0.1) is 0 Å². The highest BCUT2D eigenvalue weighted by Gasteiger charge is 2.49. The van der Waals surface area contributed by atoms with Crippen LogP contribution in [0.2, 0.25) is 0 Å². The summed E-state index contributed by atoms with van der Waals surface area (Å²) < 4.78 is 2.01. The van der Waals surface area contributed by atoms with E-state index in [4.69, 9.17) is 0 Å². The van der Waals surface area contributed by atoms with Crippen molar-refractivity contribution in [2.45, 2.75) is 31.3 Å². The topological polar surface area (TPSA) is 67.7 Å². The van der Waals surface area contributed by atoms with Crippen molar-refractivity contribution in [2.24, 2.45) is 0 Å². The molecule has 2 aliphatic heterocycles. The maximum absolute atomic E-state index is 4.68. The van der Waals surface area contributed by atoms with Crippen LogP contribution in [0.4, 0.5) is 5.82 Å². The predicted octanol–water partition coefficient (Wildman–Crippen LogP) is 2.57. The highest BCUT2D eigenvalue weighted by atomic mass is 15.4. The Morgan fingerprint density at radius 2 is 2.00 bits per heavy atom. The van der Waals surface area contributed by atoms with Crippen molar-refractivity contribution in [3.8, 4) is 22.4 Å². The van der Waals surface area contributed by atoms with E-state index in [1.54, 1.807) is 0 Å². The molecule has 1 fully saturated rings. The summed E-state index contributed by atoms with van der Waals surface area (Å²) in [6.45, 7) is 3.69. The number of pyridine rings is 1. The number of nitrogens with zero attached hydrogens (tertiary/aromatic N) is 4. The van der Waals surface area contributed by atoms with Gasteiger partial charge >= 0.3 is 0 Å². The van der Waals surface area contributed by atoms with Crippen LogP contribution < -0.4 is 10.6 Å². The summed E-state index contributed by atoms with van der Waals surface area (Å²) in [4.78, 5) is 4.68. The van der Waals surface area contributed by atoms with Crippen LogP contribution in [0.15, 0.2) is 36.5 Å². The summed E-state index contributed by atoms with van der Waals surface area (Å²) in [5.74, 6) is 1.07. The van der Waals surface area contributed by atoms with Gasteiger partial charge in [-0.2, -0.15) is 0 Å². The van der Waals surface area contributed by atoms with Gasteiger partial charge in [-0.25, -0.2) is 9.67 Å². The molecule has 2 aromatic heterocycles. The number of aromatic nitrogens is 4. The Morgan fingerprint density at radius 1 is 1.08 bits per heavy atom. The molecular formula is C20H20N6. The summed E-state index contributed by atoms with van der Waals surface area (Å²) in [6.07, 6.45) is 4.53. The number of hydrogen-bond donors (Lipinski definition) is 2. The first-order valence-corrected chi connectivity index (χ1v) is 9.31. The maximum Gasteiger partial charge on any atom is 0.129 e. The number of anilines is 1. The Morgan fingerprint density at radius 3 is 2.92 bits per heavy atom. The lowest BCUT2D eigenvalue weighted by Gasteiger charge is -2.15. The monoisotopic (exact) mass is 344 g/mol. The van der Waals surface area contributed by atoms with Gasteiger partial charge < -0.3 is 10.6 Å². The average molecular weight is 344 g/mol. The largest absolute Gasteiger partial charge is 0.369 e. The van der Waals surface area contributed by atoms with Crippen LogP contribution in [0.1, 0.15) is 24.1 Å². The highest BCUT2D eigenvalue weighted by Crippen LogP contribution is 2.54. The molecule has 0 amide bonds. The number of benzene rings is 1. The van der Waals surface area contributed by atoms with Crippen LogP contribution in [-0.4, -0.2) is 33.1 Å². The SMILES string of the molecule is c1cc(-c2cnc3c(c2)C2(CC2)CN3)cc(-c2nnn3c2CNCC3)c1. The molecule has 0 radical (unpaired) electrons. The van der Waals surface area contributed by atoms with E-state index in [-0.39, 0.29) is 0 Å². The molecule has 0 saturated heterocycles. The second kappa shape index (κ2) is 5.14. The predicted molar refractivity (Wildman–Crippen MR) is 99.8 cm³/mol. The lowest BCUT2D eigenvalue weighted by molar-refractivity contribution is 0.468. The Bertz CT molecular complexity index is 1020. The summed E-state index contributed by atoms with van der Waals surface area (Å²) in [7, 11) is 0. The second-order valence-electron chi connectivity index (χ2n) is 7.62. The van der Waals surface area contributed by atoms with Crippen molar-refractivity contribution in [1.82, 2.24) is 25.3 Å². The van der Waals surface area contributed by atoms with Gasteiger partial charge in [0.15, 0.2) is 0 Å². The molecule has 6 nitrogen and oxygen atoms in total. The first-order chi connectivity index (χ1) is 12.8. The van der Waals surface area contributed by atoms with Crippen molar-refractivity contribution in [3.05, 3.63) is 47.8 Å². The minimum absolute atomic E-state index is 0.356. The average Bonchev–Trinajstić information content (AvgIpc) is 3.22. The lowest BCUT2D eigenvalue weighted by atomic mass is 9.96. The van der Waals surface area contributed by atoms with E-state index in [2.05, 4.69) is 56.3 Å². The smallest absolute Gasteiger partial charge is 0.129 e. The van der Waals surface area contributed by atoms with Crippen LogP contribution in [0.5, 0.6) is 0 Å². The third-order valence-electron chi connectivity index (χ3n) is 6.01. The number of nitrogens with one attached hydrogen (secondary N) is 2. The quantitative estimate of drug-likeness (QED) is 0.748. The molecular weight excluding hydrogens is 324 g/mol. The normalized spacial score (nSPS) is 19.1. The fourth-order valence-corrected chi connectivity index (χ4v) is 4.26. The summed E-state index contributed by atoms with van der Waals surface area (Å²) in [6, 6.07) is 10.9. The van der Waals surface area contributed by atoms with Crippen LogP contribution in [-0.2, 0) is 18.5 Å². The van der Waals surface area contributed by atoms with Gasteiger partial charge in [0.05, 0.1) is 12.2 Å². The Kier molecular flexibility index (Phi) is 2.86. The van der Waals surface area contributed by atoms with Gasteiger partial charge in [-0.3, -0.25) is 0 Å². The molecule has 2 N–H and O–H groups in total. The minimum atomic E-state index is 0.356. The third-order valence-corrected chi connectivity index (χ3v) is 6.01. The molecule has 1 saturated carbocycles. The molecule has 130 valence electrons. The van der Waals surface area contributed by atoms with Crippen molar-refractivity contribution in [2.75, 3.05) is 18.4 Å². The van der Waals surface area contributed by atoms with Gasteiger partial charge in [0.25, 0.3) is 0 Å². The van der Waals surface area contributed by atoms with Crippen LogP contribution >= 0.6 is 0 Å². The number of rotatable bonds is 2. The van der Waals surface area contributed by atoms with E-state index in [0.717, 1.165) is 43.3 Å². The fraction of sp³-hybridized carbons (Fsp3) is 0.350. The molecule has 1 spiro atoms. The van der Waals surface area contributed by atoms with E-state index in [0.29, 0.717) is 5.41 Å². The fourth-order valence-electron chi connectivity index (χ4n) is 4.26. The van der Waals surface area contributed by atoms with Gasteiger partial charge in [0, 0.05) is 47.9 Å². The van der Waals surface area contributed by atoms with E-state index >= 15 is 0 Å². The first-order valence-electron chi connectivity index (χ1n) is 9.31. The Labute approximate surface area is 151 Å². The van der Waals surface area contributed by atoms with Crippen molar-refractivity contribution < 1.29 is 0 Å². The molecule has 6 rings (SSSR count). The molecule has 3 aliphatic rings. The molecule has 6 heteroatoms. The Hall–Kier alpha value is -2.73. The minimum Gasteiger partial charge on any atom is -0.369 e. The Balaban J connectivity index is 1.42. The lowest BCUT2D eigenvalue weighted by Crippen LogP contribution is -2.28. The van der Waals surface area contributed by atoms with Crippen molar-refractivity contribution in [3.63, 3.8) is 0 Å². The summed E-state index contributed by atoms with van der Waals surface area (Å²) >= 11 is 0. The van der Waals surface area contributed by atoms with Crippen molar-refractivity contribution >= 4 is 5.82 Å². The van der Waals surface area contributed by atoms with Gasteiger partial charge in [0.2, 0.25) is 0 Å². The molecule has 4 heterocycles. The summed E-state index contributed by atoms with van der Waals surface area (Å²) in [5.41, 5.74) is 7.38. The second-order valence-corrected chi connectivity index (χ2v) is 7.62. The third kappa shape index (κ3) is 2.05. The van der Waals surface area contributed by atoms with Gasteiger partial charge in [-0.1, -0.05) is 23.4 Å². The molecule has 1 aromatic carbocycles. The molecule has 3 aromatic rings. The molecule has 0 atom stereocenters. The molecule has 26 heavy (non-hydrogen) atoms. The highest BCUT2D eigenvalue weighted by molar-refractivity contribution is 5.74. The van der Waals surface area contributed by atoms with Gasteiger partial charge in [0.1, 0.15) is 11.5 Å². The molecule has 0 unspecified atom stereocenters. The summed E-state index contributed by atoms with van der Waals surface area (Å²) in [5, 5.41) is 15.6. The van der Waals surface area contributed by atoms with E-state index in [1.807, 2.05) is 10.9 Å². The van der Waals surface area contributed by atoms with E-state index in [9.17, 15) is 0 Å². The number of fused-ring (bicyclic) bond motifs is 3. The zero-order valence-corrected chi connectivity index (χ0v) is 14.5. The van der Waals surface area contributed by atoms with E-state index in [1.165, 1.54) is 35.2 Å². The van der Waals surface area contributed by atoms with Gasteiger partial charge in [-0.15, -0.1) is 5.10 Å². The standard InChI is InChI=1S/C20H20N6/c1-2-13(15-9-16-19(22-10-15)23-12-20(16)4-5-20)8-14(3-1)18-17-11-21-6-7-26(17)25-24-18/h1-3,8-10,21H,4-7,11-12H2,(H,22,23). The maximum atomic E-state index is 4.68. The number of hydrogen-bond acceptors (Lipinski definition) is 5. The van der Waals surface area contributed by atoms with Crippen LogP contribution in [0.3, 0.4) is 0 Å². The zero-order valence-electron chi connectivity index (χ0n) is 14.5. The van der Waals surface area contributed by atoms with Gasteiger partial charge in [-0.05, 0) is 30.5 Å². The van der Waals surface area contributed by atoms with Crippen molar-refractivity contribution in [1.29, 1.82) is 0 Å². The molecule has 1 aliphatic carbocycles. The zero-order chi connectivity index (χ0) is 17.1. The van der Waals surface area contributed by atoms with Crippen LogP contribution in [0.25, 0.3) is 22.4 Å². The first kappa shape index (κ1) is 14.4. The molecule has 0 bridgehead atoms.